The average molecular weight is 273 g/mol. The SMILES string of the molecule is CSC1CN(c2ccc(Br)c(C)n2)C1. The monoisotopic (exact) mass is 272 g/mol. The Morgan fingerprint density at radius 3 is 2.79 bits per heavy atom. The third-order valence-electron chi connectivity index (χ3n) is 2.51. The fourth-order valence-electron chi connectivity index (χ4n) is 1.48. The third kappa shape index (κ3) is 1.91. The zero-order valence-electron chi connectivity index (χ0n) is 8.33. The molecule has 1 aliphatic rings. The quantitative estimate of drug-likeness (QED) is 0.824. The molecule has 0 atom stereocenters. The molecule has 0 saturated carbocycles. The molecule has 76 valence electrons. The maximum atomic E-state index is 4.53. The van der Waals surface area contributed by atoms with Gasteiger partial charge in [-0.25, -0.2) is 4.98 Å². The zero-order chi connectivity index (χ0) is 10.1. The van der Waals surface area contributed by atoms with Crippen LogP contribution < -0.4 is 4.90 Å². The van der Waals surface area contributed by atoms with Crippen molar-refractivity contribution in [3.8, 4) is 0 Å². The van der Waals surface area contributed by atoms with Gasteiger partial charge in [0.2, 0.25) is 0 Å². The van der Waals surface area contributed by atoms with Crippen LogP contribution in [0.1, 0.15) is 5.69 Å². The van der Waals surface area contributed by atoms with E-state index in [2.05, 4.69) is 44.2 Å². The first-order chi connectivity index (χ1) is 6.70. The molecule has 2 rings (SSSR count). The summed E-state index contributed by atoms with van der Waals surface area (Å²) in [5, 5.41) is 0.792. The maximum Gasteiger partial charge on any atom is 0.128 e. The fourth-order valence-corrected chi connectivity index (χ4v) is 2.36. The lowest BCUT2D eigenvalue weighted by Gasteiger charge is -2.39. The summed E-state index contributed by atoms with van der Waals surface area (Å²) in [6.45, 7) is 4.30. The molecular formula is C10H13BrN2S. The lowest BCUT2D eigenvalue weighted by Crippen LogP contribution is -2.49. The van der Waals surface area contributed by atoms with E-state index in [9.17, 15) is 0 Å². The van der Waals surface area contributed by atoms with E-state index >= 15 is 0 Å². The highest BCUT2D eigenvalue weighted by atomic mass is 79.9. The van der Waals surface area contributed by atoms with Gasteiger partial charge in [0.05, 0.1) is 5.69 Å². The van der Waals surface area contributed by atoms with Gasteiger partial charge in [0, 0.05) is 22.8 Å². The van der Waals surface area contributed by atoms with Crippen molar-refractivity contribution in [1.82, 2.24) is 4.98 Å². The molecule has 14 heavy (non-hydrogen) atoms. The van der Waals surface area contributed by atoms with E-state index in [1.807, 2.05) is 18.7 Å². The predicted molar refractivity (Wildman–Crippen MR) is 66.2 cm³/mol. The van der Waals surface area contributed by atoms with E-state index in [0.717, 1.165) is 34.3 Å². The van der Waals surface area contributed by atoms with Gasteiger partial charge in [-0.05, 0) is 41.2 Å². The summed E-state index contributed by atoms with van der Waals surface area (Å²) in [5.74, 6) is 1.11. The largest absolute Gasteiger partial charge is 0.354 e. The van der Waals surface area contributed by atoms with Gasteiger partial charge in [-0.2, -0.15) is 11.8 Å². The molecule has 0 N–H and O–H groups in total. The fraction of sp³-hybridized carbons (Fsp3) is 0.500. The number of nitrogens with zero attached hydrogens (tertiary/aromatic N) is 2. The summed E-state index contributed by atoms with van der Waals surface area (Å²) in [6, 6.07) is 4.15. The van der Waals surface area contributed by atoms with Gasteiger partial charge in [-0.15, -0.1) is 0 Å². The smallest absolute Gasteiger partial charge is 0.128 e. The van der Waals surface area contributed by atoms with Crippen molar-refractivity contribution in [3.63, 3.8) is 0 Å². The molecule has 1 aromatic heterocycles. The van der Waals surface area contributed by atoms with Crippen LogP contribution in [0.4, 0.5) is 5.82 Å². The van der Waals surface area contributed by atoms with Gasteiger partial charge in [-0.1, -0.05) is 0 Å². The van der Waals surface area contributed by atoms with Crippen LogP contribution in [0.25, 0.3) is 0 Å². The number of pyridine rings is 1. The van der Waals surface area contributed by atoms with Gasteiger partial charge in [0.25, 0.3) is 0 Å². The molecule has 2 nitrogen and oxygen atoms in total. The molecule has 4 heteroatoms. The zero-order valence-corrected chi connectivity index (χ0v) is 10.7. The Kier molecular flexibility index (Phi) is 3.02. The van der Waals surface area contributed by atoms with E-state index in [0.29, 0.717) is 0 Å². The lowest BCUT2D eigenvalue weighted by molar-refractivity contribution is 0.626. The highest BCUT2D eigenvalue weighted by Crippen LogP contribution is 2.26. The number of thioether (sulfide) groups is 1. The van der Waals surface area contributed by atoms with Crippen LogP contribution in [-0.4, -0.2) is 29.6 Å². The predicted octanol–water partition coefficient (Wildman–Crippen LogP) is 2.70. The summed E-state index contributed by atoms with van der Waals surface area (Å²) in [7, 11) is 0. The minimum absolute atomic E-state index is 0.792. The van der Waals surface area contributed by atoms with Gasteiger partial charge in [0.15, 0.2) is 0 Å². The Morgan fingerprint density at radius 1 is 1.50 bits per heavy atom. The van der Waals surface area contributed by atoms with Crippen LogP contribution in [0.15, 0.2) is 16.6 Å². The highest BCUT2D eigenvalue weighted by molar-refractivity contribution is 9.10. The molecule has 0 aromatic carbocycles. The number of aromatic nitrogens is 1. The first-order valence-corrected chi connectivity index (χ1v) is 6.69. The summed E-state index contributed by atoms with van der Waals surface area (Å²) >= 11 is 5.40. The molecule has 0 bridgehead atoms. The van der Waals surface area contributed by atoms with Crippen molar-refractivity contribution in [3.05, 3.63) is 22.3 Å². The van der Waals surface area contributed by atoms with Crippen molar-refractivity contribution in [2.75, 3.05) is 24.2 Å². The van der Waals surface area contributed by atoms with Gasteiger partial charge in [-0.3, -0.25) is 0 Å². The van der Waals surface area contributed by atoms with Crippen LogP contribution in [0.5, 0.6) is 0 Å². The number of anilines is 1. The number of hydrogen-bond acceptors (Lipinski definition) is 3. The van der Waals surface area contributed by atoms with E-state index in [1.165, 1.54) is 0 Å². The van der Waals surface area contributed by atoms with Crippen LogP contribution in [-0.2, 0) is 0 Å². The van der Waals surface area contributed by atoms with Gasteiger partial charge >= 0.3 is 0 Å². The van der Waals surface area contributed by atoms with E-state index in [-0.39, 0.29) is 0 Å². The van der Waals surface area contributed by atoms with Crippen LogP contribution in [0.2, 0.25) is 0 Å². The molecule has 0 aliphatic carbocycles. The maximum absolute atomic E-state index is 4.53. The summed E-state index contributed by atoms with van der Waals surface area (Å²) < 4.78 is 1.09. The second kappa shape index (κ2) is 4.11. The minimum atomic E-state index is 0.792. The van der Waals surface area contributed by atoms with Crippen LogP contribution in [0, 0.1) is 6.92 Å². The minimum Gasteiger partial charge on any atom is -0.354 e. The Bertz CT molecular complexity index is 337. The standard InChI is InChI=1S/C10H13BrN2S/c1-7-9(11)3-4-10(12-7)13-5-8(6-13)14-2/h3-4,8H,5-6H2,1-2H3. The van der Waals surface area contributed by atoms with Crippen molar-refractivity contribution >= 4 is 33.5 Å². The second-order valence-electron chi connectivity index (χ2n) is 3.50. The molecule has 0 radical (unpaired) electrons. The summed E-state index contributed by atoms with van der Waals surface area (Å²) in [5.41, 5.74) is 1.06. The summed E-state index contributed by atoms with van der Waals surface area (Å²) in [6.07, 6.45) is 2.17. The molecule has 0 spiro atoms. The highest BCUT2D eigenvalue weighted by Gasteiger charge is 2.26. The van der Waals surface area contributed by atoms with E-state index in [1.54, 1.807) is 0 Å². The second-order valence-corrected chi connectivity index (χ2v) is 5.49. The van der Waals surface area contributed by atoms with Crippen molar-refractivity contribution in [2.24, 2.45) is 0 Å². The van der Waals surface area contributed by atoms with Crippen molar-refractivity contribution < 1.29 is 0 Å². The molecule has 1 fully saturated rings. The van der Waals surface area contributed by atoms with Crippen LogP contribution in [0.3, 0.4) is 0 Å². The average Bonchev–Trinajstić information content (AvgIpc) is 2.09. The molecule has 0 amide bonds. The number of halogens is 1. The molecule has 1 aliphatic heterocycles. The Morgan fingerprint density at radius 2 is 2.21 bits per heavy atom. The Balaban J connectivity index is 2.08. The number of aryl methyl sites for hydroxylation is 1. The van der Waals surface area contributed by atoms with E-state index < -0.39 is 0 Å². The third-order valence-corrected chi connectivity index (χ3v) is 4.31. The van der Waals surface area contributed by atoms with Crippen molar-refractivity contribution in [1.29, 1.82) is 0 Å². The molecule has 1 aromatic rings. The lowest BCUT2D eigenvalue weighted by atomic mass is 10.2. The topological polar surface area (TPSA) is 16.1 Å². The Hall–Kier alpha value is -0.220. The first-order valence-electron chi connectivity index (χ1n) is 4.61. The van der Waals surface area contributed by atoms with Crippen molar-refractivity contribution in [2.45, 2.75) is 12.2 Å². The van der Waals surface area contributed by atoms with E-state index in [4.69, 9.17) is 0 Å². The van der Waals surface area contributed by atoms with Gasteiger partial charge < -0.3 is 4.90 Å². The normalized spacial score (nSPS) is 16.9. The summed E-state index contributed by atoms with van der Waals surface area (Å²) in [4.78, 5) is 6.85. The van der Waals surface area contributed by atoms with Gasteiger partial charge in [0.1, 0.15) is 5.82 Å². The Labute approximate surface area is 97.2 Å². The number of rotatable bonds is 2. The molecule has 0 unspecified atom stereocenters. The van der Waals surface area contributed by atoms with Crippen LogP contribution >= 0.6 is 27.7 Å². The first kappa shape index (κ1) is 10.3. The molecular weight excluding hydrogens is 260 g/mol. The number of hydrogen-bond donors (Lipinski definition) is 0. The molecule has 1 saturated heterocycles. The molecule has 2 heterocycles.